The average Bonchev–Trinajstić information content (AvgIpc) is 2.87. The van der Waals surface area contributed by atoms with E-state index in [2.05, 4.69) is 13.5 Å². The van der Waals surface area contributed by atoms with Gasteiger partial charge in [-0.05, 0) is 37.7 Å². The van der Waals surface area contributed by atoms with Gasteiger partial charge in [-0.2, -0.15) is 0 Å². The Morgan fingerprint density at radius 2 is 1.82 bits per heavy atom. The normalized spacial score (nSPS) is 25.0. The largest absolute Gasteiger partial charge is 0.490 e. The van der Waals surface area contributed by atoms with Gasteiger partial charge in [-0.15, -0.1) is 0 Å². The molecule has 1 heterocycles. The molecule has 1 aromatic rings. The van der Waals surface area contributed by atoms with Crippen LogP contribution in [0.2, 0.25) is 0 Å². The number of carbonyl (C=O) groups excluding carboxylic acids is 1. The van der Waals surface area contributed by atoms with E-state index in [0.717, 1.165) is 11.5 Å². The fraction of sp³-hybridized carbons (Fsp3) is 0.679. The molecule has 0 aromatic heterocycles. The van der Waals surface area contributed by atoms with Crippen molar-refractivity contribution in [3.05, 3.63) is 41.5 Å². The molecule has 1 aromatic carbocycles. The summed E-state index contributed by atoms with van der Waals surface area (Å²) in [6.45, 7) is 9.01. The summed E-state index contributed by atoms with van der Waals surface area (Å²) in [6.07, 6.45) is 10.3. The predicted octanol–water partition coefficient (Wildman–Crippen LogP) is 5.73. The Hall–Kier alpha value is -1.89. The van der Waals surface area contributed by atoms with Crippen molar-refractivity contribution in [2.24, 2.45) is 17.8 Å². The van der Waals surface area contributed by atoms with E-state index in [4.69, 9.17) is 18.9 Å². The number of rotatable bonds is 12. The highest BCUT2D eigenvalue weighted by molar-refractivity contribution is 5.86. The number of unbranched alkanes of at least 4 members (excludes halogenated alkanes) is 2. The zero-order valence-electron chi connectivity index (χ0n) is 20.9. The Bertz CT molecular complexity index is 775. The zero-order valence-corrected chi connectivity index (χ0v) is 20.9. The second-order valence-corrected chi connectivity index (χ2v) is 9.83. The van der Waals surface area contributed by atoms with E-state index in [1.54, 1.807) is 6.92 Å². The number of hydrogen-bond acceptors (Lipinski definition) is 6. The number of carbonyl (C=O) groups is 1. The summed E-state index contributed by atoms with van der Waals surface area (Å²) in [4.78, 5) is 11.5. The van der Waals surface area contributed by atoms with Crippen LogP contribution in [0, 0.1) is 17.8 Å². The molecule has 6 heteroatoms. The molecule has 3 rings (SSSR count). The van der Waals surface area contributed by atoms with Gasteiger partial charge in [-0.1, -0.05) is 64.2 Å². The van der Waals surface area contributed by atoms with Crippen molar-refractivity contribution in [1.29, 1.82) is 0 Å². The summed E-state index contributed by atoms with van der Waals surface area (Å²) in [5.41, 5.74) is 1.88. The molecule has 0 bridgehead atoms. The van der Waals surface area contributed by atoms with Crippen LogP contribution in [0.4, 0.5) is 0 Å². The van der Waals surface area contributed by atoms with Gasteiger partial charge in [0.2, 0.25) is 0 Å². The first-order valence-electron chi connectivity index (χ1n) is 12.9. The Kier molecular flexibility index (Phi) is 10.9. The lowest BCUT2D eigenvalue weighted by molar-refractivity contribution is -0.214. The van der Waals surface area contributed by atoms with Gasteiger partial charge in [0.1, 0.15) is 19.0 Å². The van der Waals surface area contributed by atoms with Gasteiger partial charge in [0.05, 0.1) is 19.8 Å². The van der Waals surface area contributed by atoms with Crippen molar-refractivity contribution in [2.45, 2.75) is 78.1 Å². The second-order valence-electron chi connectivity index (χ2n) is 9.83. The molecular weight excluding hydrogens is 432 g/mol. The van der Waals surface area contributed by atoms with Crippen LogP contribution in [0.15, 0.2) is 30.4 Å². The monoisotopic (exact) mass is 474 g/mol. The molecule has 1 saturated carbocycles. The lowest BCUT2D eigenvalue weighted by Crippen LogP contribution is -2.34. The molecule has 0 amide bonds. The van der Waals surface area contributed by atoms with Gasteiger partial charge in [-0.3, -0.25) is 0 Å². The van der Waals surface area contributed by atoms with Crippen molar-refractivity contribution in [2.75, 3.05) is 26.4 Å². The molecule has 1 aliphatic heterocycles. The van der Waals surface area contributed by atoms with Crippen LogP contribution in [0.3, 0.4) is 0 Å². The molecule has 1 aliphatic carbocycles. The fourth-order valence-corrected chi connectivity index (χ4v) is 5.01. The quantitative estimate of drug-likeness (QED) is 0.237. The number of aliphatic hydroxyl groups is 1. The maximum atomic E-state index is 11.5. The van der Waals surface area contributed by atoms with Crippen molar-refractivity contribution in [3.8, 4) is 5.75 Å². The summed E-state index contributed by atoms with van der Waals surface area (Å²) >= 11 is 0. The van der Waals surface area contributed by atoms with E-state index < -0.39 is 12.3 Å². The highest BCUT2D eigenvalue weighted by atomic mass is 16.7. The minimum Gasteiger partial charge on any atom is -0.490 e. The maximum Gasteiger partial charge on any atom is 0.333 e. The molecule has 2 aliphatic rings. The standard InChI is InChI=1S/C28H42O6/c1-4-5-6-7-21-8-10-22(11-9-21)25-18-33-28(34-19-25)23-12-13-24(17-29)26(16-23)31-14-15-32-27(30)20(2)3/h12-13,16,21-22,25,28-29H,2,4-11,14-15,17-19H2,1,3H3. The van der Waals surface area contributed by atoms with E-state index in [9.17, 15) is 9.90 Å². The van der Waals surface area contributed by atoms with E-state index in [1.165, 1.54) is 51.4 Å². The van der Waals surface area contributed by atoms with E-state index in [0.29, 0.717) is 41.9 Å². The number of esters is 1. The van der Waals surface area contributed by atoms with Crippen LogP contribution in [0.5, 0.6) is 5.75 Å². The van der Waals surface area contributed by atoms with E-state index in [1.807, 2.05) is 18.2 Å². The first-order valence-corrected chi connectivity index (χ1v) is 12.9. The fourth-order valence-electron chi connectivity index (χ4n) is 5.01. The lowest BCUT2D eigenvalue weighted by atomic mass is 9.74. The van der Waals surface area contributed by atoms with Crippen LogP contribution >= 0.6 is 0 Å². The number of benzene rings is 1. The Labute approximate surface area is 204 Å². The SMILES string of the molecule is C=C(C)C(=O)OCCOc1cc(C2OCC(C3CCC(CCCCC)CC3)CO2)ccc1CO. The number of hydrogen-bond donors (Lipinski definition) is 1. The number of ether oxygens (including phenoxy) is 4. The average molecular weight is 475 g/mol. The molecule has 2 fully saturated rings. The molecular formula is C28H42O6. The highest BCUT2D eigenvalue weighted by Gasteiger charge is 2.32. The molecule has 1 N–H and O–H groups in total. The molecule has 0 atom stereocenters. The topological polar surface area (TPSA) is 74.2 Å². The number of aliphatic hydroxyl groups excluding tert-OH is 1. The minimum atomic E-state index is -0.441. The summed E-state index contributed by atoms with van der Waals surface area (Å²) in [7, 11) is 0. The Morgan fingerprint density at radius 1 is 1.09 bits per heavy atom. The summed E-state index contributed by atoms with van der Waals surface area (Å²) < 4.78 is 23.1. The Balaban J connectivity index is 1.46. The summed E-state index contributed by atoms with van der Waals surface area (Å²) in [5.74, 6) is 2.17. The highest BCUT2D eigenvalue weighted by Crippen LogP contribution is 2.39. The maximum absolute atomic E-state index is 11.5. The first kappa shape index (κ1) is 26.7. The first-order chi connectivity index (χ1) is 16.5. The lowest BCUT2D eigenvalue weighted by Gasteiger charge is -2.38. The van der Waals surface area contributed by atoms with Crippen molar-refractivity contribution >= 4 is 5.97 Å². The van der Waals surface area contributed by atoms with Crippen LogP contribution in [0.25, 0.3) is 0 Å². The molecule has 1 saturated heterocycles. The minimum absolute atomic E-state index is 0.111. The molecule has 34 heavy (non-hydrogen) atoms. The molecule has 0 unspecified atom stereocenters. The molecule has 0 spiro atoms. The third kappa shape index (κ3) is 7.82. The molecule has 6 nitrogen and oxygen atoms in total. The third-order valence-corrected chi connectivity index (χ3v) is 7.15. The Morgan fingerprint density at radius 3 is 2.47 bits per heavy atom. The van der Waals surface area contributed by atoms with E-state index >= 15 is 0 Å². The molecule has 190 valence electrons. The van der Waals surface area contributed by atoms with Gasteiger partial charge in [-0.25, -0.2) is 4.79 Å². The molecule has 0 radical (unpaired) electrons. The predicted molar refractivity (Wildman–Crippen MR) is 131 cm³/mol. The van der Waals surface area contributed by atoms with Crippen LogP contribution in [0.1, 0.15) is 82.6 Å². The van der Waals surface area contributed by atoms with Crippen LogP contribution < -0.4 is 4.74 Å². The van der Waals surface area contributed by atoms with Gasteiger partial charge < -0.3 is 24.1 Å². The van der Waals surface area contributed by atoms with Crippen LogP contribution in [-0.4, -0.2) is 37.5 Å². The summed E-state index contributed by atoms with van der Waals surface area (Å²) in [6, 6.07) is 5.58. The van der Waals surface area contributed by atoms with Crippen LogP contribution in [-0.2, 0) is 25.6 Å². The second kappa shape index (κ2) is 13.9. The van der Waals surface area contributed by atoms with E-state index in [-0.39, 0.29) is 19.8 Å². The van der Waals surface area contributed by atoms with Gasteiger partial charge >= 0.3 is 5.97 Å². The van der Waals surface area contributed by atoms with Gasteiger partial charge in [0, 0.05) is 22.6 Å². The zero-order chi connectivity index (χ0) is 24.3. The van der Waals surface area contributed by atoms with Gasteiger partial charge in [0.15, 0.2) is 6.29 Å². The third-order valence-electron chi connectivity index (χ3n) is 7.15. The smallest absolute Gasteiger partial charge is 0.333 e. The van der Waals surface area contributed by atoms with Gasteiger partial charge in [0.25, 0.3) is 0 Å². The van der Waals surface area contributed by atoms with Crippen molar-refractivity contribution in [1.82, 2.24) is 0 Å². The summed E-state index contributed by atoms with van der Waals surface area (Å²) in [5, 5.41) is 9.66. The van der Waals surface area contributed by atoms with Crippen molar-refractivity contribution < 1.29 is 28.8 Å². The van der Waals surface area contributed by atoms with Crippen molar-refractivity contribution in [3.63, 3.8) is 0 Å².